The predicted octanol–water partition coefficient (Wildman–Crippen LogP) is -0.537. The second-order valence-electron chi connectivity index (χ2n) is 4.13. The minimum Gasteiger partial charge on any atom is -0.357 e. The summed E-state index contributed by atoms with van der Waals surface area (Å²) in [7, 11) is 0. The van der Waals surface area contributed by atoms with Crippen molar-refractivity contribution in [2.45, 2.75) is 25.7 Å². The Morgan fingerprint density at radius 2 is 1.53 bits per heavy atom. The fourth-order valence-electron chi connectivity index (χ4n) is 1.90. The van der Waals surface area contributed by atoms with E-state index in [1.807, 2.05) is 0 Å². The summed E-state index contributed by atoms with van der Waals surface area (Å²) in [6.45, 7) is 7.58. The summed E-state index contributed by atoms with van der Waals surface area (Å²) in [6, 6.07) is 0. The summed E-state index contributed by atoms with van der Waals surface area (Å²) >= 11 is 0. The fourth-order valence-corrected chi connectivity index (χ4v) is 1.90. The first-order valence-corrected chi connectivity index (χ1v) is 5.91. The summed E-state index contributed by atoms with van der Waals surface area (Å²) in [5.74, 6) is 0. The summed E-state index contributed by atoms with van der Waals surface area (Å²) in [4.78, 5) is 36.3. The van der Waals surface area contributed by atoms with Crippen molar-refractivity contribution in [3.63, 3.8) is 0 Å². The molecule has 1 unspecified atom stereocenters. The van der Waals surface area contributed by atoms with Crippen molar-refractivity contribution < 1.29 is 4.74 Å². The van der Waals surface area contributed by atoms with Gasteiger partial charge in [-0.2, -0.15) is 0 Å². The molecule has 7 heteroatoms. The number of hydrogen-bond acceptors (Lipinski definition) is 4. The monoisotopic (exact) mass is 265 g/mol. The molecule has 1 aromatic rings. The summed E-state index contributed by atoms with van der Waals surface area (Å²) in [5, 5.41) is 0. The minimum absolute atomic E-state index is 0.0435. The third kappa shape index (κ3) is 2.12. The maximum atomic E-state index is 12.2. The third-order valence-electron chi connectivity index (χ3n) is 2.92. The average Bonchev–Trinajstić information content (AvgIpc) is 2.33. The van der Waals surface area contributed by atoms with Crippen LogP contribution in [0.2, 0.25) is 0 Å². The minimum atomic E-state index is -0.667. The van der Waals surface area contributed by atoms with E-state index in [-0.39, 0.29) is 13.1 Å². The van der Waals surface area contributed by atoms with E-state index >= 15 is 0 Å². The van der Waals surface area contributed by atoms with Crippen LogP contribution in [-0.4, -0.2) is 20.3 Å². The summed E-state index contributed by atoms with van der Waals surface area (Å²) < 4.78 is 8.05. The van der Waals surface area contributed by atoms with Gasteiger partial charge in [-0.05, 0) is 0 Å². The highest BCUT2D eigenvalue weighted by atomic mass is 16.5. The zero-order valence-corrected chi connectivity index (χ0v) is 10.4. The highest BCUT2D eigenvalue weighted by Crippen LogP contribution is 2.18. The molecule has 0 bridgehead atoms. The van der Waals surface area contributed by atoms with Crippen molar-refractivity contribution >= 4 is 0 Å². The Bertz CT molecular complexity index is 627. The average molecular weight is 265 g/mol. The van der Waals surface area contributed by atoms with E-state index in [0.29, 0.717) is 13.0 Å². The Labute approximate surface area is 108 Å². The first kappa shape index (κ1) is 13.3. The Kier molecular flexibility index (Phi) is 3.66. The topological polar surface area (TPSA) is 75.2 Å². The van der Waals surface area contributed by atoms with Crippen LogP contribution < -0.4 is 17.1 Å². The van der Waals surface area contributed by atoms with E-state index in [1.54, 1.807) is 0 Å². The van der Waals surface area contributed by atoms with Crippen LogP contribution in [0.1, 0.15) is 12.6 Å². The first-order chi connectivity index (χ1) is 9.11. The number of nitrogens with zero attached hydrogens (tertiary/aromatic N) is 3. The number of hydrogen-bond donors (Lipinski definition) is 0. The van der Waals surface area contributed by atoms with Crippen LogP contribution in [0, 0.1) is 0 Å². The number of rotatable bonds is 5. The second kappa shape index (κ2) is 5.23. The normalized spacial score (nSPS) is 17.8. The molecule has 1 aliphatic heterocycles. The van der Waals surface area contributed by atoms with Gasteiger partial charge in [0, 0.05) is 6.42 Å². The molecule has 102 valence electrons. The molecular formula is C12H15N3O4. The summed E-state index contributed by atoms with van der Waals surface area (Å²) in [5.41, 5.74) is -2.00. The van der Waals surface area contributed by atoms with Crippen molar-refractivity contribution in [3.8, 4) is 0 Å². The number of allylic oxidation sites excluding steroid dienone is 2. The molecule has 1 aliphatic rings. The van der Waals surface area contributed by atoms with E-state index < -0.39 is 23.3 Å². The summed E-state index contributed by atoms with van der Waals surface area (Å²) in [6.07, 6.45) is 2.84. The van der Waals surface area contributed by atoms with Crippen LogP contribution in [0.4, 0.5) is 0 Å². The highest BCUT2D eigenvalue weighted by Gasteiger charge is 2.26. The Balaban J connectivity index is 2.75. The van der Waals surface area contributed by atoms with E-state index in [2.05, 4.69) is 13.2 Å². The molecule has 0 radical (unpaired) electrons. The van der Waals surface area contributed by atoms with Gasteiger partial charge in [0.25, 0.3) is 0 Å². The Hall–Kier alpha value is -2.15. The third-order valence-corrected chi connectivity index (χ3v) is 2.92. The molecule has 1 aromatic heterocycles. The Morgan fingerprint density at radius 3 is 1.84 bits per heavy atom. The number of aromatic nitrogens is 3. The van der Waals surface area contributed by atoms with Gasteiger partial charge in [-0.15, -0.1) is 13.2 Å². The van der Waals surface area contributed by atoms with Crippen LogP contribution in [0.25, 0.3) is 0 Å². The smallest absolute Gasteiger partial charge is 0.338 e. The van der Waals surface area contributed by atoms with Crippen LogP contribution in [0.3, 0.4) is 0 Å². The van der Waals surface area contributed by atoms with Gasteiger partial charge in [0.2, 0.25) is 0 Å². The van der Waals surface area contributed by atoms with Gasteiger partial charge in [-0.25, -0.2) is 28.1 Å². The molecule has 19 heavy (non-hydrogen) atoms. The SMILES string of the molecule is C=CCn1c(=O)n(CC=C)c(=O)n(C2CCO2)c1=O. The molecule has 1 fully saturated rings. The van der Waals surface area contributed by atoms with Crippen LogP contribution >= 0.6 is 0 Å². The van der Waals surface area contributed by atoms with Crippen molar-refractivity contribution in [2.24, 2.45) is 0 Å². The maximum absolute atomic E-state index is 12.2. The fraction of sp³-hybridized carbons (Fsp3) is 0.417. The van der Waals surface area contributed by atoms with Crippen molar-refractivity contribution in [1.82, 2.24) is 13.7 Å². The Morgan fingerprint density at radius 1 is 1.05 bits per heavy atom. The first-order valence-electron chi connectivity index (χ1n) is 5.91. The number of ether oxygens (including phenoxy) is 1. The molecular weight excluding hydrogens is 250 g/mol. The zero-order chi connectivity index (χ0) is 14.0. The second-order valence-corrected chi connectivity index (χ2v) is 4.13. The molecule has 0 saturated carbocycles. The van der Waals surface area contributed by atoms with Crippen molar-refractivity contribution in [2.75, 3.05) is 6.61 Å². The van der Waals surface area contributed by atoms with E-state index in [1.165, 1.54) is 12.2 Å². The van der Waals surface area contributed by atoms with E-state index in [4.69, 9.17) is 4.74 Å². The lowest BCUT2D eigenvalue weighted by molar-refractivity contribution is -0.106. The molecule has 1 atom stereocenters. The van der Waals surface area contributed by atoms with E-state index in [9.17, 15) is 14.4 Å². The largest absolute Gasteiger partial charge is 0.357 e. The predicted molar refractivity (Wildman–Crippen MR) is 69.2 cm³/mol. The molecule has 1 saturated heterocycles. The maximum Gasteiger partial charge on any atom is 0.338 e. The van der Waals surface area contributed by atoms with Gasteiger partial charge in [0.1, 0.15) is 6.23 Å². The molecule has 0 N–H and O–H groups in total. The van der Waals surface area contributed by atoms with Gasteiger partial charge in [0.15, 0.2) is 0 Å². The zero-order valence-electron chi connectivity index (χ0n) is 10.4. The van der Waals surface area contributed by atoms with Crippen molar-refractivity contribution in [1.29, 1.82) is 0 Å². The van der Waals surface area contributed by atoms with Gasteiger partial charge >= 0.3 is 17.1 Å². The van der Waals surface area contributed by atoms with Gasteiger partial charge < -0.3 is 4.74 Å². The van der Waals surface area contributed by atoms with Crippen LogP contribution in [0.15, 0.2) is 39.7 Å². The quantitative estimate of drug-likeness (QED) is 0.670. The molecule has 2 heterocycles. The molecule has 7 nitrogen and oxygen atoms in total. The van der Waals surface area contributed by atoms with Gasteiger partial charge in [0.05, 0.1) is 19.7 Å². The van der Waals surface area contributed by atoms with E-state index in [0.717, 1.165) is 13.7 Å². The molecule has 0 amide bonds. The van der Waals surface area contributed by atoms with Crippen molar-refractivity contribution in [3.05, 3.63) is 56.8 Å². The highest BCUT2D eigenvalue weighted by molar-refractivity contribution is 4.86. The lowest BCUT2D eigenvalue weighted by Gasteiger charge is -2.28. The molecule has 0 aliphatic carbocycles. The van der Waals surface area contributed by atoms with Crippen LogP contribution in [0.5, 0.6) is 0 Å². The molecule has 0 aromatic carbocycles. The van der Waals surface area contributed by atoms with Gasteiger partial charge in [-0.3, -0.25) is 0 Å². The lowest BCUT2D eigenvalue weighted by atomic mass is 10.3. The van der Waals surface area contributed by atoms with Crippen LogP contribution in [-0.2, 0) is 17.8 Å². The molecule has 0 spiro atoms. The van der Waals surface area contributed by atoms with Gasteiger partial charge in [-0.1, -0.05) is 12.2 Å². The molecule has 2 rings (SSSR count). The standard InChI is InChI=1S/C12H15N3O4/c1-3-6-13-10(16)14(7-4-2)12(18)15(11(13)17)9-5-8-19-9/h3-4,9H,1-2,5-8H2. The lowest BCUT2D eigenvalue weighted by Crippen LogP contribution is -2.56.